The van der Waals surface area contributed by atoms with Crippen molar-refractivity contribution in [3.8, 4) is 11.5 Å². The summed E-state index contributed by atoms with van der Waals surface area (Å²) in [5, 5.41) is 12.1. The molecule has 0 aliphatic carbocycles. The fourth-order valence-corrected chi connectivity index (χ4v) is 1.40. The van der Waals surface area contributed by atoms with E-state index < -0.39 is 0 Å². The molecule has 2 N–H and O–H groups in total. The molecule has 1 aromatic carbocycles. The summed E-state index contributed by atoms with van der Waals surface area (Å²) in [6.45, 7) is 2.66. The van der Waals surface area contributed by atoms with Crippen molar-refractivity contribution >= 4 is 5.91 Å². The van der Waals surface area contributed by atoms with Crippen LogP contribution in [0.1, 0.15) is 18.9 Å². The van der Waals surface area contributed by atoms with Gasteiger partial charge < -0.3 is 15.2 Å². The van der Waals surface area contributed by atoms with E-state index in [1.54, 1.807) is 19.2 Å². The number of phenolic OH excluding ortho intramolecular Hbond substituents is 1. The van der Waals surface area contributed by atoms with Crippen molar-refractivity contribution in [3.05, 3.63) is 23.8 Å². The minimum absolute atomic E-state index is 0.0641. The van der Waals surface area contributed by atoms with Gasteiger partial charge in [-0.15, -0.1) is 0 Å². The number of benzene rings is 1. The molecule has 0 aromatic heterocycles. The van der Waals surface area contributed by atoms with Crippen LogP contribution in [0.5, 0.6) is 11.5 Å². The molecule has 0 heterocycles. The van der Waals surface area contributed by atoms with Gasteiger partial charge in [0.2, 0.25) is 5.91 Å². The highest BCUT2D eigenvalue weighted by Crippen LogP contribution is 2.23. The zero-order valence-electron chi connectivity index (χ0n) is 9.62. The minimum atomic E-state index is -0.0641. The molecule has 1 aromatic rings. The fourth-order valence-electron chi connectivity index (χ4n) is 1.40. The summed E-state index contributed by atoms with van der Waals surface area (Å²) in [4.78, 5) is 11.5. The molecule has 0 fully saturated rings. The van der Waals surface area contributed by atoms with Crippen LogP contribution in [0.25, 0.3) is 0 Å². The molecule has 88 valence electrons. The first kappa shape index (κ1) is 12.4. The number of hydrogen-bond acceptors (Lipinski definition) is 3. The predicted molar refractivity (Wildman–Crippen MR) is 61.7 cm³/mol. The Labute approximate surface area is 95.2 Å². The normalized spacial score (nSPS) is 9.88. The van der Waals surface area contributed by atoms with Gasteiger partial charge in [0, 0.05) is 12.1 Å². The molecular weight excluding hydrogens is 206 g/mol. The Bertz CT molecular complexity index is 363. The lowest BCUT2D eigenvalue weighted by Crippen LogP contribution is -2.25. The lowest BCUT2D eigenvalue weighted by atomic mass is 10.1. The maximum absolute atomic E-state index is 11.5. The van der Waals surface area contributed by atoms with Gasteiger partial charge in [-0.3, -0.25) is 4.79 Å². The Hall–Kier alpha value is -1.71. The van der Waals surface area contributed by atoms with Crippen LogP contribution in [0, 0.1) is 0 Å². The van der Waals surface area contributed by atoms with E-state index >= 15 is 0 Å². The first-order valence-electron chi connectivity index (χ1n) is 5.30. The van der Waals surface area contributed by atoms with Gasteiger partial charge in [0.15, 0.2) is 0 Å². The van der Waals surface area contributed by atoms with E-state index in [0.717, 1.165) is 6.42 Å². The highest BCUT2D eigenvalue weighted by Gasteiger charge is 2.08. The highest BCUT2D eigenvalue weighted by atomic mass is 16.5. The first-order valence-corrected chi connectivity index (χ1v) is 5.30. The Morgan fingerprint density at radius 3 is 2.88 bits per heavy atom. The third-order valence-corrected chi connectivity index (χ3v) is 2.19. The molecule has 16 heavy (non-hydrogen) atoms. The van der Waals surface area contributed by atoms with Crippen LogP contribution in [-0.2, 0) is 11.2 Å². The third-order valence-electron chi connectivity index (χ3n) is 2.19. The highest BCUT2D eigenvalue weighted by molar-refractivity contribution is 5.79. The lowest BCUT2D eigenvalue weighted by Gasteiger charge is -2.09. The standard InChI is InChI=1S/C12H17NO3/c1-3-6-13-12(15)8-9-7-10(14)4-5-11(9)16-2/h4-5,7,14H,3,6,8H2,1-2H3,(H,13,15). The number of carbonyl (C=O) groups excluding carboxylic acids is 1. The van der Waals surface area contributed by atoms with E-state index in [1.165, 1.54) is 6.07 Å². The molecule has 1 amide bonds. The van der Waals surface area contributed by atoms with Crippen molar-refractivity contribution in [3.63, 3.8) is 0 Å². The SMILES string of the molecule is CCCNC(=O)Cc1cc(O)ccc1OC. The van der Waals surface area contributed by atoms with Crippen LogP contribution in [-0.4, -0.2) is 24.7 Å². The van der Waals surface area contributed by atoms with Gasteiger partial charge >= 0.3 is 0 Å². The van der Waals surface area contributed by atoms with E-state index in [1.807, 2.05) is 6.92 Å². The summed E-state index contributed by atoms with van der Waals surface area (Å²) < 4.78 is 5.11. The van der Waals surface area contributed by atoms with Gasteiger partial charge in [0.05, 0.1) is 13.5 Å². The molecule has 1 rings (SSSR count). The summed E-state index contributed by atoms with van der Waals surface area (Å²) in [5.74, 6) is 0.689. The van der Waals surface area contributed by atoms with Crippen molar-refractivity contribution in [1.82, 2.24) is 5.32 Å². The monoisotopic (exact) mass is 223 g/mol. The van der Waals surface area contributed by atoms with Crippen LogP contribution in [0.3, 0.4) is 0 Å². The Morgan fingerprint density at radius 1 is 1.50 bits per heavy atom. The molecule has 0 atom stereocenters. The topological polar surface area (TPSA) is 58.6 Å². The molecule has 4 nitrogen and oxygen atoms in total. The minimum Gasteiger partial charge on any atom is -0.508 e. The number of hydrogen-bond donors (Lipinski definition) is 2. The van der Waals surface area contributed by atoms with Crippen LogP contribution in [0.15, 0.2) is 18.2 Å². The van der Waals surface area contributed by atoms with Crippen LogP contribution < -0.4 is 10.1 Å². The summed E-state index contributed by atoms with van der Waals surface area (Å²) in [7, 11) is 1.54. The van der Waals surface area contributed by atoms with Crippen molar-refractivity contribution < 1.29 is 14.6 Å². The number of ether oxygens (including phenoxy) is 1. The van der Waals surface area contributed by atoms with Crippen LogP contribution >= 0.6 is 0 Å². The van der Waals surface area contributed by atoms with E-state index in [4.69, 9.17) is 4.74 Å². The van der Waals surface area contributed by atoms with E-state index in [9.17, 15) is 9.90 Å². The molecule has 4 heteroatoms. The predicted octanol–water partition coefficient (Wildman–Crippen LogP) is 1.47. The number of aromatic hydroxyl groups is 1. The second kappa shape index (κ2) is 6.00. The van der Waals surface area contributed by atoms with Crippen molar-refractivity contribution in [2.75, 3.05) is 13.7 Å². The number of rotatable bonds is 5. The van der Waals surface area contributed by atoms with Gasteiger partial charge in [-0.1, -0.05) is 6.92 Å². The van der Waals surface area contributed by atoms with Gasteiger partial charge in [0.25, 0.3) is 0 Å². The van der Waals surface area contributed by atoms with Crippen molar-refractivity contribution in [2.45, 2.75) is 19.8 Å². The number of phenols is 1. The zero-order chi connectivity index (χ0) is 12.0. The Morgan fingerprint density at radius 2 is 2.25 bits per heavy atom. The number of carbonyl (C=O) groups is 1. The average molecular weight is 223 g/mol. The maximum Gasteiger partial charge on any atom is 0.224 e. The fraction of sp³-hybridized carbons (Fsp3) is 0.417. The Balaban J connectivity index is 2.71. The second-order valence-electron chi connectivity index (χ2n) is 3.52. The number of nitrogens with one attached hydrogen (secondary N) is 1. The molecule has 0 saturated heterocycles. The molecule has 0 bridgehead atoms. The van der Waals surface area contributed by atoms with Crippen molar-refractivity contribution in [2.24, 2.45) is 0 Å². The molecule has 0 saturated carbocycles. The quantitative estimate of drug-likeness (QED) is 0.794. The van der Waals surface area contributed by atoms with Gasteiger partial charge in [-0.25, -0.2) is 0 Å². The lowest BCUT2D eigenvalue weighted by molar-refractivity contribution is -0.120. The second-order valence-corrected chi connectivity index (χ2v) is 3.52. The first-order chi connectivity index (χ1) is 7.67. The van der Waals surface area contributed by atoms with E-state index in [2.05, 4.69) is 5.32 Å². The van der Waals surface area contributed by atoms with Crippen molar-refractivity contribution in [1.29, 1.82) is 0 Å². The molecule has 0 aliphatic heterocycles. The molecule has 0 radical (unpaired) electrons. The summed E-state index contributed by atoms with van der Waals surface area (Å²) in [6, 6.07) is 4.73. The molecule has 0 aliphatic rings. The summed E-state index contributed by atoms with van der Waals surface area (Å²) in [5.41, 5.74) is 0.691. The zero-order valence-corrected chi connectivity index (χ0v) is 9.62. The largest absolute Gasteiger partial charge is 0.508 e. The maximum atomic E-state index is 11.5. The summed E-state index contributed by atoms with van der Waals surface area (Å²) >= 11 is 0. The molecular formula is C12H17NO3. The molecule has 0 spiro atoms. The Kier molecular flexibility index (Phi) is 4.64. The average Bonchev–Trinajstić information content (AvgIpc) is 2.27. The number of amides is 1. The van der Waals surface area contributed by atoms with E-state index in [0.29, 0.717) is 17.9 Å². The van der Waals surface area contributed by atoms with Gasteiger partial charge in [0.1, 0.15) is 11.5 Å². The number of methoxy groups -OCH3 is 1. The summed E-state index contributed by atoms with van der Waals surface area (Å²) in [6.07, 6.45) is 1.13. The van der Waals surface area contributed by atoms with Crippen LogP contribution in [0.4, 0.5) is 0 Å². The third kappa shape index (κ3) is 3.46. The molecule has 0 unspecified atom stereocenters. The van der Waals surface area contributed by atoms with Gasteiger partial charge in [-0.05, 0) is 24.6 Å². The van der Waals surface area contributed by atoms with E-state index in [-0.39, 0.29) is 18.1 Å². The van der Waals surface area contributed by atoms with Crippen LogP contribution in [0.2, 0.25) is 0 Å². The van der Waals surface area contributed by atoms with Gasteiger partial charge in [-0.2, -0.15) is 0 Å². The smallest absolute Gasteiger partial charge is 0.224 e.